The molecular formula is C14H21N3O. The molecule has 3 heterocycles. The first-order valence-electron chi connectivity index (χ1n) is 6.83. The number of aliphatic hydroxyl groups is 1. The lowest BCUT2D eigenvalue weighted by Crippen LogP contribution is -2.44. The van der Waals surface area contributed by atoms with Crippen LogP contribution in [0.4, 0.5) is 5.82 Å². The van der Waals surface area contributed by atoms with E-state index >= 15 is 0 Å². The van der Waals surface area contributed by atoms with Gasteiger partial charge < -0.3 is 10.4 Å². The molecule has 0 spiro atoms. The van der Waals surface area contributed by atoms with Crippen molar-refractivity contribution < 1.29 is 5.11 Å². The molecular weight excluding hydrogens is 226 g/mol. The van der Waals surface area contributed by atoms with Crippen molar-refractivity contribution in [3.8, 4) is 0 Å². The molecule has 0 aliphatic carbocycles. The van der Waals surface area contributed by atoms with Gasteiger partial charge in [0.25, 0.3) is 0 Å². The average Bonchev–Trinajstić information content (AvgIpc) is 2.62. The molecule has 1 aromatic heterocycles. The van der Waals surface area contributed by atoms with Crippen LogP contribution in [0.2, 0.25) is 0 Å². The van der Waals surface area contributed by atoms with E-state index in [2.05, 4.69) is 21.3 Å². The summed E-state index contributed by atoms with van der Waals surface area (Å²) in [6.07, 6.45) is 6.08. The molecule has 2 atom stereocenters. The molecule has 3 rings (SSSR count). The maximum Gasteiger partial charge on any atom is 0.130 e. The summed E-state index contributed by atoms with van der Waals surface area (Å²) < 4.78 is 0. The predicted molar refractivity (Wildman–Crippen MR) is 71.4 cm³/mol. The maximum absolute atomic E-state index is 9.82. The Morgan fingerprint density at radius 2 is 2.11 bits per heavy atom. The van der Waals surface area contributed by atoms with E-state index in [0.29, 0.717) is 12.1 Å². The quantitative estimate of drug-likeness (QED) is 0.852. The van der Waals surface area contributed by atoms with E-state index in [1.165, 1.54) is 18.4 Å². The Labute approximate surface area is 108 Å². The van der Waals surface area contributed by atoms with E-state index in [4.69, 9.17) is 0 Å². The smallest absolute Gasteiger partial charge is 0.130 e. The molecule has 0 aromatic carbocycles. The van der Waals surface area contributed by atoms with Crippen molar-refractivity contribution in [2.45, 2.75) is 50.4 Å². The first-order chi connectivity index (χ1) is 8.78. The highest BCUT2D eigenvalue weighted by molar-refractivity contribution is 5.43. The van der Waals surface area contributed by atoms with Crippen LogP contribution in [0.1, 0.15) is 31.2 Å². The summed E-state index contributed by atoms with van der Waals surface area (Å²) in [6, 6.07) is 5.26. The Morgan fingerprint density at radius 1 is 1.39 bits per heavy atom. The summed E-state index contributed by atoms with van der Waals surface area (Å²) in [6.45, 7) is 0.950. The number of rotatable bonds is 3. The third kappa shape index (κ3) is 2.10. The van der Waals surface area contributed by atoms with Crippen LogP contribution in [-0.4, -0.2) is 40.2 Å². The minimum absolute atomic E-state index is 0.0866. The number of piperidine rings is 1. The number of aromatic nitrogens is 1. The van der Waals surface area contributed by atoms with Gasteiger partial charge in [-0.2, -0.15) is 0 Å². The normalized spacial score (nSPS) is 31.6. The fraction of sp³-hybridized carbons (Fsp3) is 0.643. The van der Waals surface area contributed by atoms with Gasteiger partial charge in [-0.1, -0.05) is 6.07 Å². The van der Waals surface area contributed by atoms with E-state index in [1.807, 2.05) is 19.3 Å². The summed E-state index contributed by atoms with van der Waals surface area (Å²) in [5, 5.41) is 13.0. The number of hydrogen-bond donors (Lipinski definition) is 2. The van der Waals surface area contributed by atoms with Crippen LogP contribution < -0.4 is 5.32 Å². The van der Waals surface area contributed by atoms with Crippen LogP contribution >= 0.6 is 0 Å². The zero-order valence-corrected chi connectivity index (χ0v) is 10.8. The maximum atomic E-state index is 9.82. The lowest BCUT2D eigenvalue weighted by Gasteiger charge is -2.37. The first kappa shape index (κ1) is 11.9. The van der Waals surface area contributed by atoms with Crippen molar-refractivity contribution in [3.05, 3.63) is 23.9 Å². The monoisotopic (exact) mass is 247 g/mol. The lowest BCUT2D eigenvalue weighted by molar-refractivity contribution is 0.0311. The Bertz CT molecular complexity index is 409. The Kier molecular flexibility index (Phi) is 3.22. The second-order valence-electron chi connectivity index (χ2n) is 5.44. The summed E-state index contributed by atoms with van der Waals surface area (Å²) >= 11 is 0. The second kappa shape index (κ2) is 4.86. The largest absolute Gasteiger partial charge is 0.393 e. The Morgan fingerprint density at radius 3 is 2.78 bits per heavy atom. The molecule has 0 amide bonds. The van der Waals surface area contributed by atoms with Gasteiger partial charge in [0.1, 0.15) is 5.82 Å². The number of nitrogens with one attached hydrogen (secondary N) is 1. The highest BCUT2D eigenvalue weighted by Gasteiger charge is 2.40. The summed E-state index contributed by atoms with van der Waals surface area (Å²) in [7, 11) is 1.92. The number of pyridine rings is 1. The fourth-order valence-corrected chi connectivity index (χ4v) is 3.49. The summed E-state index contributed by atoms with van der Waals surface area (Å²) in [5.74, 6) is 0.975. The molecule has 98 valence electrons. The van der Waals surface area contributed by atoms with Gasteiger partial charge in [-0.3, -0.25) is 4.90 Å². The number of aliphatic hydroxyl groups excluding tert-OH is 1. The third-order valence-electron chi connectivity index (χ3n) is 4.34. The second-order valence-corrected chi connectivity index (χ2v) is 5.44. The predicted octanol–water partition coefficient (Wildman–Crippen LogP) is 1.61. The Hall–Kier alpha value is -1.13. The van der Waals surface area contributed by atoms with E-state index in [1.54, 1.807) is 0 Å². The van der Waals surface area contributed by atoms with E-state index in [-0.39, 0.29) is 6.10 Å². The highest BCUT2D eigenvalue weighted by Crippen LogP contribution is 2.37. The topological polar surface area (TPSA) is 48.4 Å². The minimum Gasteiger partial charge on any atom is -0.393 e. The fourth-order valence-electron chi connectivity index (χ4n) is 3.49. The highest BCUT2D eigenvalue weighted by atomic mass is 16.3. The molecule has 2 saturated heterocycles. The van der Waals surface area contributed by atoms with E-state index < -0.39 is 0 Å². The van der Waals surface area contributed by atoms with E-state index in [0.717, 1.165) is 25.2 Å². The lowest BCUT2D eigenvalue weighted by atomic mass is 9.99. The van der Waals surface area contributed by atoms with Crippen molar-refractivity contribution in [2.75, 3.05) is 12.4 Å². The van der Waals surface area contributed by atoms with Gasteiger partial charge in [-0.05, 0) is 31.7 Å². The molecule has 2 unspecified atom stereocenters. The van der Waals surface area contributed by atoms with Crippen LogP contribution in [0.25, 0.3) is 0 Å². The molecule has 1 aromatic rings. The molecule has 2 aliphatic rings. The van der Waals surface area contributed by atoms with Crippen LogP contribution in [-0.2, 0) is 6.54 Å². The minimum atomic E-state index is -0.0866. The number of nitrogens with zero attached hydrogens (tertiary/aromatic N) is 2. The molecule has 2 N–H and O–H groups in total. The zero-order valence-electron chi connectivity index (χ0n) is 10.8. The van der Waals surface area contributed by atoms with Gasteiger partial charge in [0.05, 0.1) is 6.10 Å². The van der Waals surface area contributed by atoms with Crippen LogP contribution in [0, 0.1) is 0 Å². The number of anilines is 1. The van der Waals surface area contributed by atoms with Crippen molar-refractivity contribution in [1.82, 2.24) is 9.88 Å². The Balaban J connectivity index is 1.77. The van der Waals surface area contributed by atoms with E-state index in [9.17, 15) is 5.11 Å². The number of fused-ring (bicyclic) bond motifs is 2. The SMILES string of the molecule is CNc1ncccc1CN1C2CCC1CC(O)C2. The van der Waals surface area contributed by atoms with Crippen molar-refractivity contribution in [2.24, 2.45) is 0 Å². The molecule has 0 saturated carbocycles. The van der Waals surface area contributed by atoms with Gasteiger partial charge in [0, 0.05) is 37.4 Å². The summed E-state index contributed by atoms with van der Waals surface area (Å²) in [4.78, 5) is 6.92. The molecule has 2 fully saturated rings. The molecule has 18 heavy (non-hydrogen) atoms. The standard InChI is InChI=1S/C14H21N3O/c1-15-14-10(3-2-6-16-14)9-17-11-4-5-12(17)8-13(18)7-11/h2-3,6,11-13,18H,4-5,7-9H2,1H3,(H,15,16). The molecule has 2 bridgehead atoms. The molecule has 4 heteroatoms. The van der Waals surface area contributed by atoms with Crippen molar-refractivity contribution in [3.63, 3.8) is 0 Å². The molecule has 4 nitrogen and oxygen atoms in total. The van der Waals surface area contributed by atoms with Crippen molar-refractivity contribution >= 4 is 5.82 Å². The van der Waals surface area contributed by atoms with Gasteiger partial charge in [0.2, 0.25) is 0 Å². The van der Waals surface area contributed by atoms with Gasteiger partial charge in [0.15, 0.2) is 0 Å². The third-order valence-corrected chi connectivity index (χ3v) is 4.34. The number of hydrogen-bond acceptors (Lipinski definition) is 4. The first-order valence-corrected chi connectivity index (χ1v) is 6.83. The molecule has 0 radical (unpaired) electrons. The molecule has 2 aliphatic heterocycles. The van der Waals surface area contributed by atoms with Gasteiger partial charge in [-0.15, -0.1) is 0 Å². The summed E-state index contributed by atoms with van der Waals surface area (Å²) in [5.41, 5.74) is 1.26. The zero-order chi connectivity index (χ0) is 12.5. The average molecular weight is 247 g/mol. The van der Waals surface area contributed by atoms with Gasteiger partial charge in [-0.25, -0.2) is 4.98 Å². The van der Waals surface area contributed by atoms with Gasteiger partial charge >= 0.3 is 0 Å². The van der Waals surface area contributed by atoms with Crippen molar-refractivity contribution in [1.29, 1.82) is 0 Å². The van der Waals surface area contributed by atoms with Crippen LogP contribution in [0.3, 0.4) is 0 Å². The van der Waals surface area contributed by atoms with Crippen LogP contribution in [0.5, 0.6) is 0 Å². The van der Waals surface area contributed by atoms with Crippen LogP contribution in [0.15, 0.2) is 18.3 Å².